The van der Waals surface area contributed by atoms with Crippen LogP contribution in [0.15, 0.2) is 59.5 Å². The van der Waals surface area contributed by atoms with Gasteiger partial charge in [0.1, 0.15) is 11.6 Å². The first kappa shape index (κ1) is 23.1. The number of aromatic hydroxyl groups is 1. The summed E-state index contributed by atoms with van der Waals surface area (Å²) in [7, 11) is 1.47. The fraction of sp³-hybridized carbons (Fsp3) is 0.292. The molecule has 0 bridgehead atoms. The van der Waals surface area contributed by atoms with Gasteiger partial charge in [-0.3, -0.25) is 14.3 Å². The summed E-state index contributed by atoms with van der Waals surface area (Å²) in [6.45, 7) is 2.52. The quantitative estimate of drug-likeness (QED) is 0.576. The highest BCUT2D eigenvalue weighted by Gasteiger charge is 2.25. The standard InChI is InChI=1S/C24H25F2N3O3/c1-3-10-29(24(32)22-23(31)21(30)15-27-28(22)2)11-9-20(16-7-5-4-6-8-16)17-12-18(25)14-19(26)13-17/h4-8,12-15,20,31H,3,9-11H2,1-2H3. The lowest BCUT2D eigenvalue weighted by atomic mass is 9.88. The molecule has 1 aromatic heterocycles. The van der Waals surface area contributed by atoms with Crippen LogP contribution in [0.25, 0.3) is 0 Å². The molecule has 8 heteroatoms. The van der Waals surface area contributed by atoms with E-state index in [9.17, 15) is 23.5 Å². The second-order valence-corrected chi connectivity index (χ2v) is 7.58. The molecule has 3 aromatic rings. The molecule has 1 atom stereocenters. The second-order valence-electron chi connectivity index (χ2n) is 7.58. The lowest BCUT2D eigenvalue weighted by molar-refractivity contribution is 0.0734. The van der Waals surface area contributed by atoms with E-state index in [4.69, 9.17) is 0 Å². The molecule has 0 saturated carbocycles. The maximum absolute atomic E-state index is 13.9. The Morgan fingerprint density at radius 2 is 1.75 bits per heavy atom. The zero-order chi connectivity index (χ0) is 23.3. The predicted octanol–water partition coefficient (Wildman–Crippen LogP) is 3.84. The molecule has 168 valence electrons. The molecule has 1 heterocycles. The zero-order valence-corrected chi connectivity index (χ0v) is 18.0. The van der Waals surface area contributed by atoms with Crippen molar-refractivity contribution in [3.8, 4) is 5.75 Å². The van der Waals surface area contributed by atoms with Crippen molar-refractivity contribution in [1.82, 2.24) is 14.7 Å². The van der Waals surface area contributed by atoms with Gasteiger partial charge in [0, 0.05) is 32.1 Å². The Kier molecular flexibility index (Phi) is 7.35. The normalized spacial score (nSPS) is 11.9. The van der Waals surface area contributed by atoms with Gasteiger partial charge in [-0.05, 0) is 36.1 Å². The summed E-state index contributed by atoms with van der Waals surface area (Å²) >= 11 is 0. The van der Waals surface area contributed by atoms with E-state index < -0.39 is 28.7 Å². The number of hydrogen-bond donors (Lipinski definition) is 1. The smallest absolute Gasteiger partial charge is 0.276 e. The van der Waals surface area contributed by atoms with Crippen LogP contribution in [0.1, 0.15) is 47.3 Å². The van der Waals surface area contributed by atoms with Gasteiger partial charge in [0.15, 0.2) is 11.4 Å². The highest BCUT2D eigenvalue weighted by Crippen LogP contribution is 2.30. The van der Waals surface area contributed by atoms with Crippen LogP contribution in [0.3, 0.4) is 0 Å². The first-order valence-corrected chi connectivity index (χ1v) is 10.4. The predicted molar refractivity (Wildman–Crippen MR) is 117 cm³/mol. The third-order valence-corrected chi connectivity index (χ3v) is 5.29. The van der Waals surface area contributed by atoms with E-state index in [2.05, 4.69) is 5.10 Å². The molecule has 0 aliphatic carbocycles. The van der Waals surface area contributed by atoms with Crippen molar-refractivity contribution in [3.05, 3.63) is 93.4 Å². The van der Waals surface area contributed by atoms with Crippen molar-refractivity contribution < 1.29 is 18.7 Å². The van der Waals surface area contributed by atoms with Crippen LogP contribution in [-0.2, 0) is 7.05 Å². The van der Waals surface area contributed by atoms with Crippen LogP contribution in [0.5, 0.6) is 5.75 Å². The lowest BCUT2D eigenvalue weighted by Gasteiger charge is -2.26. The van der Waals surface area contributed by atoms with Crippen LogP contribution in [0.4, 0.5) is 8.78 Å². The number of amides is 1. The second kappa shape index (κ2) is 10.2. The number of aryl methyl sites for hydroxylation is 1. The molecule has 32 heavy (non-hydrogen) atoms. The van der Waals surface area contributed by atoms with Crippen molar-refractivity contribution in [2.45, 2.75) is 25.7 Å². The fourth-order valence-corrected chi connectivity index (χ4v) is 3.77. The van der Waals surface area contributed by atoms with Gasteiger partial charge in [-0.25, -0.2) is 8.78 Å². The van der Waals surface area contributed by atoms with Crippen molar-refractivity contribution >= 4 is 5.91 Å². The maximum Gasteiger partial charge on any atom is 0.276 e. The average molecular weight is 441 g/mol. The van der Waals surface area contributed by atoms with Crippen molar-refractivity contribution in [1.29, 1.82) is 0 Å². The van der Waals surface area contributed by atoms with Gasteiger partial charge in [-0.15, -0.1) is 0 Å². The van der Waals surface area contributed by atoms with Crippen LogP contribution >= 0.6 is 0 Å². The van der Waals surface area contributed by atoms with Gasteiger partial charge in [0.05, 0.1) is 6.20 Å². The fourth-order valence-electron chi connectivity index (χ4n) is 3.77. The largest absolute Gasteiger partial charge is 0.502 e. The van der Waals surface area contributed by atoms with E-state index in [1.54, 1.807) is 0 Å². The van der Waals surface area contributed by atoms with E-state index in [1.165, 1.54) is 28.8 Å². The molecule has 6 nitrogen and oxygen atoms in total. The van der Waals surface area contributed by atoms with E-state index in [0.29, 0.717) is 24.9 Å². The number of benzene rings is 2. The summed E-state index contributed by atoms with van der Waals surface area (Å²) in [5.41, 5.74) is 0.395. The topological polar surface area (TPSA) is 75.4 Å². The highest BCUT2D eigenvalue weighted by molar-refractivity contribution is 5.94. The Bertz CT molecular complexity index is 1130. The molecule has 0 aliphatic heterocycles. The van der Waals surface area contributed by atoms with Gasteiger partial charge in [0.25, 0.3) is 5.91 Å². The van der Waals surface area contributed by atoms with E-state index >= 15 is 0 Å². The third-order valence-electron chi connectivity index (χ3n) is 5.29. The molecular weight excluding hydrogens is 416 g/mol. The Morgan fingerprint density at radius 1 is 1.09 bits per heavy atom. The van der Waals surface area contributed by atoms with Gasteiger partial charge >= 0.3 is 0 Å². The SMILES string of the molecule is CCCN(CCC(c1ccccc1)c1cc(F)cc(F)c1)C(=O)c1c(O)c(=O)cnn1C. The van der Waals surface area contributed by atoms with Crippen LogP contribution in [0.2, 0.25) is 0 Å². The molecule has 0 aliphatic rings. The third kappa shape index (κ3) is 5.19. The molecule has 3 rings (SSSR count). The van der Waals surface area contributed by atoms with Crippen molar-refractivity contribution in [2.24, 2.45) is 7.05 Å². The van der Waals surface area contributed by atoms with Gasteiger partial charge in [-0.2, -0.15) is 5.10 Å². The maximum atomic E-state index is 13.9. The molecular formula is C24H25F2N3O3. The first-order chi connectivity index (χ1) is 15.3. The Morgan fingerprint density at radius 3 is 2.38 bits per heavy atom. The number of carbonyl (C=O) groups is 1. The lowest BCUT2D eigenvalue weighted by Crippen LogP contribution is -2.36. The monoisotopic (exact) mass is 441 g/mol. The van der Waals surface area contributed by atoms with E-state index in [1.807, 2.05) is 37.3 Å². The minimum Gasteiger partial charge on any atom is -0.502 e. The molecule has 1 amide bonds. The summed E-state index contributed by atoms with van der Waals surface area (Å²) in [5.74, 6) is -2.88. The van der Waals surface area contributed by atoms with E-state index in [0.717, 1.165) is 17.8 Å². The Balaban J connectivity index is 1.93. The summed E-state index contributed by atoms with van der Waals surface area (Å²) in [6, 6.07) is 12.7. The number of nitrogens with zero attached hydrogens (tertiary/aromatic N) is 3. The van der Waals surface area contributed by atoms with Gasteiger partial charge in [0.2, 0.25) is 5.43 Å². The Labute approximate surface area is 184 Å². The number of halogens is 2. The molecule has 0 radical (unpaired) electrons. The molecule has 0 spiro atoms. The molecule has 0 saturated heterocycles. The van der Waals surface area contributed by atoms with Gasteiger partial charge < -0.3 is 10.0 Å². The summed E-state index contributed by atoms with van der Waals surface area (Å²) in [5, 5.41) is 14.0. The molecule has 1 N–H and O–H groups in total. The first-order valence-electron chi connectivity index (χ1n) is 10.4. The summed E-state index contributed by atoms with van der Waals surface area (Å²) < 4.78 is 29.0. The summed E-state index contributed by atoms with van der Waals surface area (Å²) in [6.07, 6.45) is 1.97. The number of carbonyl (C=O) groups excluding carboxylic acids is 1. The van der Waals surface area contributed by atoms with E-state index in [-0.39, 0.29) is 18.2 Å². The highest BCUT2D eigenvalue weighted by atomic mass is 19.1. The van der Waals surface area contributed by atoms with Crippen LogP contribution in [0, 0.1) is 11.6 Å². The minimum atomic E-state index is -0.736. The van der Waals surface area contributed by atoms with Crippen LogP contribution in [-0.4, -0.2) is 38.8 Å². The number of aromatic nitrogens is 2. The number of rotatable bonds is 8. The number of hydrogen-bond acceptors (Lipinski definition) is 4. The zero-order valence-electron chi connectivity index (χ0n) is 18.0. The van der Waals surface area contributed by atoms with Gasteiger partial charge in [-0.1, -0.05) is 37.3 Å². The Hall–Kier alpha value is -3.55. The molecule has 0 fully saturated rings. The minimum absolute atomic E-state index is 0.195. The summed E-state index contributed by atoms with van der Waals surface area (Å²) in [4.78, 5) is 26.5. The average Bonchev–Trinajstić information content (AvgIpc) is 2.76. The van der Waals surface area contributed by atoms with Crippen molar-refractivity contribution in [3.63, 3.8) is 0 Å². The molecule has 2 aromatic carbocycles. The van der Waals surface area contributed by atoms with Crippen molar-refractivity contribution in [2.75, 3.05) is 13.1 Å². The molecule has 1 unspecified atom stereocenters. The van der Waals surface area contributed by atoms with Crippen LogP contribution < -0.4 is 5.43 Å².